The molecule has 3 unspecified atom stereocenters. The van der Waals surface area contributed by atoms with Gasteiger partial charge in [-0.05, 0) is 42.2 Å². The average molecular weight is 628 g/mol. The van der Waals surface area contributed by atoms with Crippen LogP contribution in [0.5, 0.6) is 0 Å². The Bertz CT molecular complexity index is 1330. The Balaban J connectivity index is 1.59. The van der Waals surface area contributed by atoms with E-state index in [0.717, 1.165) is 10.8 Å². The monoisotopic (exact) mass is 626 g/mol. The summed E-state index contributed by atoms with van der Waals surface area (Å²) in [5.41, 5.74) is 0.709. The quantitative estimate of drug-likeness (QED) is 0.168. The van der Waals surface area contributed by atoms with Crippen molar-refractivity contribution in [2.24, 2.45) is 11.8 Å². The summed E-state index contributed by atoms with van der Waals surface area (Å²) in [6.07, 6.45) is 4.92. The first-order valence-electron chi connectivity index (χ1n) is 13.8. The van der Waals surface area contributed by atoms with E-state index in [9.17, 15) is 19.5 Å². The molecule has 3 aliphatic rings. The summed E-state index contributed by atoms with van der Waals surface area (Å²) in [5, 5.41) is 12.2. The van der Waals surface area contributed by atoms with Gasteiger partial charge in [0.15, 0.2) is 0 Å². The molecule has 9 heteroatoms. The van der Waals surface area contributed by atoms with Crippen LogP contribution in [0.3, 0.4) is 0 Å². The predicted octanol–water partition coefficient (Wildman–Crippen LogP) is 4.71. The highest BCUT2D eigenvalue weighted by molar-refractivity contribution is 9.09. The number of ether oxygens (including phenoxy) is 1. The number of likely N-dealkylation sites (tertiary alicyclic amines) is 1. The first kappa shape index (κ1) is 28.9. The number of carbonyl (C=O) groups is 3. The van der Waals surface area contributed by atoms with Gasteiger partial charge in [-0.3, -0.25) is 14.4 Å². The zero-order chi connectivity index (χ0) is 28.6. The number of hydrogen-bond acceptors (Lipinski definition) is 6. The van der Waals surface area contributed by atoms with Gasteiger partial charge in [0.05, 0.1) is 35.8 Å². The third-order valence-corrected chi connectivity index (χ3v) is 11.7. The third kappa shape index (κ3) is 4.60. The van der Waals surface area contributed by atoms with Crippen LogP contribution in [0.1, 0.15) is 26.2 Å². The van der Waals surface area contributed by atoms with Crippen molar-refractivity contribution < 1.29 is 24.2 Å². The lowest BCUT2D eigenvalue weighted by Gasteiger charge is -2.39. The molecule has 3 saturated heterocycles. The number of alkyl halides is 1. The fourth-order valence-corrected chi connectivity index (χ4v) is 10.3. The summed E-state index contributed by atoms with van der Waals surface area (Å²) in [6, 6.07) is 12.4. The van der Waals surface area contributed by atoms with E-state index in [1.165, 1.54) is 0 Å². The van der Waals surface area contributed by atoms with E-state index < -0.39 is 34.6 Å². The Hall–Kier alpha value is -2.62. The van der Waals surface area contributed by atoms with Gasteiger partial charge in [-0.25, -0.2) is 0 Å². The fraction of sp³-hybridized carbons (Fsp3) is 0.452. The second kappa shape index (κ2) is 11.7. The molecule has 2 bridgehead atoms. The van der Waals surface area contributed by atoms with Gasteiger partial charge in [0, 0.05) is 22.3 Å². The van der Waals surface area contributed by atoms with Crippen LogP contribution in [0, 0.1) is 11.8 Å². The molecule has 7 atom stereocenters. The number of fused-ring (bicyclic) bond motifs is 2. The molecule has 2 aromatic rings. The minimum Gasteiger partial charge on any atom is -0.465 e. The predicted molar refractivity (Wildman–Crippen MR) is 162 cm³/mol. The number of aliphatic hydroxyl groups excluding tert-OH is 1. The SMILES string of the molecule is C=CCCOC(=O)[C@H]1[C@@H]2SC3(CC2Br)C(C(=O)N(CC=C)c2ccc4ccccc4c2)N([C@@H](CC)CO)C(=O)[C@H]13. The second-order valence-electron chi connectivity index (χ2n) is 10.7. The molecular formula is C31H35BrN2O5S. The Labute approximate surface area is 247 Å². The zero-order valence-electron chi connectivity index (χ0n) is 22.6. The molecule has 0 aliphatic carbocycles. The summed E-state index contributed by atoms with van der Waals surface area (Å²) in [5.74, 6) is -2.27. The maximum Gasteiger partial charge on any atom is 0.310 e. The molecule has 3 aliphatic heterocycles. The average Bonchev–Trinajstić information content (AvgIpc) is 3.55. The van der Waals surface area contributed by atoms with E-state index >= 15 is 0 Å². The standard InChI is InChI=1S/C31H35BrN2O5S/c1-4-7-15-39-30(38)24-25-28(36)34(21(6-3)18-35)27(31(25)17-23(32)26(24)40-31)29(37)33(14-5-2)22-13-12-19-10-8-9-11-20(19)16-22/h4-5,8-13,16,21,23-27,35H,1-2,6-7,14-15,17-18H2,3H3/t21-,23?,24+,25-,26+,27?,31?/m0/s1. The lowest BCUT2D eigenvalue weighted by molar-refractivity contribution is -0.154. The zero-order valence-corrected chi connectivity index (χ0v) is 25.0. The van der Waals surface area contributed by atoms with Gasteiger partial charge in [0.2, 0.25) is 5.91 Å². The number of thioether (sulfide) groups is 1. The summed E-state index contributed by atoms with van der Waals surface area (Å²) in [4.78, 5) is 45.6. The van der Waals surface area contributed by atoms with Crippen LogP contribution in [0.25, 0.3) is 10.8 Å². The molecule has 1 spiro atoms. The van der Waals surface area contributed by atoms with Crippen LogP contribution < -0.4 is 4.90 Å². The van der Waals surface area contributed by atoms with E-state index in [2.05, 4.69) is 29.1 Å². The number of carbonyl (C=O) groups excluding carboxylic acids is 3. The molecule has 3 fully saturated rings. The highest BCUT2D eigenvalue weighted by Crippen LogP contribution is 2.68. The van der Waals surface area contributed by atoms with Gasteiger partial charge in [-0.2, -0.15) is 0 Å². The molecule has 1 N–H and O–H groups in total. The first-order valence-corrected chi connectivity index (χ1v) is 15.6. The van der Waals surface area contributed by atoms with E-state index in [1.807, 2.05) is 49.4 Å². The van der Waals surface area contributed by atoms with Gasteiger partial charge in [0.1, 0.15) is 6.04 Å². The number of benzene rings is 2. The molecule has 0 radical (unpaired) electrons. The molecule has 40 heavy (non-hydrogen) atoms. The number of hydrogen-bond donors (Lipinski definition) is 1. The van der Waals surface area contributed by atoms with Crippen LogP contribution in [-0.4, -0.2) is 74.5 Å². The Morgan fingerprint density at radius 1 is 1.25 bits per heavy atom. The maximum absolute atomic E-state index is 14.7. The molecule has 0 saturated carbocycles. The number of rotatable bonds is 11. The lowest BCUT2D eigenvalue weighted by atomic mass is 9.71. The molecule has 5 rings (SSSR count). The fourth-order valence-electron chi connectivity index (χ4n) is 6.71. The first-order chi connectivity index (χ1) is 19.3. The normalized spacial score (nSPS) is 29.3. The molecule has 3 heterocycles. The van der Waals surface area contributed by atoms with Gasteiger partial charge in [-0.15, -0.1) is 24.9 Å². The largest absolute Gasteiger partial charge is 0.465 e. The topological polar surface area (TPSA) is 87.2 Å². The summed E-state index contributed by atoms with van der Waals surface area (Å²) < 4.78 is 4.76. The summed E-state index contributed by atoms with van der Waals surface area (Å²) >= 11 is 5.34. The van der Waals surface area contributed by atoms with Crippen molar-refractivity contribution in [2.45, 2.75) is 53.1 Å². The van der Waals surface area contributed by atoms with Crippen molar-refractivity contribution in [3.8, 4) is 0 Å². The Morgan fingerprint density at radius 2 is 2.00 bits per heavy atom. The van der Waals surface area contributed by atoms with Gasteiger partial charge in [-0.1, -0.05) is 65.3 Å². The number of nitrogens with zero attached hydrogens (tertiary/aromatic N) is 2. The number of amides is 2. The van der Waals surface area contributed by atoms with E-state index in [4.69, 9.17) is 4.74 Å². The Kier molecular flexibility index (Phi) is 8.45. The summed E-state index contributed by atoms with van der Waals surface area (Å²) in [7, 11) is 0. The number of halogens is 1. The van der Waals surface area contributed by atoms with Gasteiger partial charge < -0.3 is 19.6 Å². The lowest BCUT2D eigenvalue weighted by Crippen LogP contribution is -2.58. The van der Waals surface area contributed by atoms with Crippen molar-refractivity contribution >= 4 is 61.9 Å². The Morgan fingerprint density at radius 3 is 2.67 bits per heavy atom. The van der Waals surface area contributed by atoms with Gasteiger partial charge >= 0.3 is 5.97 Å². The van der Waals surface area contributed by atoms with Crippen LogP contribution in [0.15, 0.2) is 67.8 Å². The second-order valence-corrected chi connectivity index (χ2v) is 13.4. The third-order valence-electron chi connectivity index (χ3n) is 8.50. The van der Waals surface area contributed by atoms with Crippen molar-refractivity contribution in [3.63, 3.8) is 0 Å². The van der Waals surface area contributed by atoms with Crippen LogP contribution in [0.4, 0.5) is 5.69 Å². The molecule has 2 aromatic carbocycles. The van der Waals surface area contributed by atoms with Crippen molar-refractivity contribution in [2.75, 3.05) is 24.7 Å². The minimum atomic E-state index is -0.852. The highest BCUT2D eigenvalue weighted by atomic mass is 79.9. The number of anilines is 1. The van der Waals surface area contributed by atoms with Crippen LogP contribution in [0.2, 0.25) is 0 Å². The molecule has 212 valence electrons. The van der Waals surface area contributed by atoms with Crippen molar-refractivity contribution in [3.05, 3.63) is 67.8 Å². The van der Waals surface area contributed by atoms with Crippen LogP contribution >= 0.6 is 27.7 Å². The number of aliphatic hydroxyl groups is 1. The van der Waals surface area contributed by atoms with E-state index in [0.29, 0.717) is 24.9 Å². The number of esters is 1. The van der Waals surface area contributed by atoms with E-state index in [1.54, 1.807) is 33.7 Å². The highest BCUT2D eigenvalue weighted by Gasteiger charge is 2.76. The molecule has 0 aromatic heterocycles. The molecular weight excluding hydrogens is 592 g/mol. The van der Waals surface area contributed by atoms with Crippen molar-refractivity contribution in [1.29, 1.82) is 0 Å². The minimum absolute atomic E-state index is 0.0588. The smallest absolute Gasteiger partial charge is 0.310 e. The molecule has 2 amide bonds. The van der Waals surface area contributed by atoms with Gasteiger partial charge in [0.25, 0.3) is 5.91 Å². The summed E-state index contributed by atoms with van der Waals surface area (Å²) in [6.45, 7) is 9.66. The van der Waals surface area contributed by atoms with E-state index in [-0.39, 0.29) is 41.6 Å². The molecule has 7 nitrogen and oxygen atoms in total. The van der Waals surface area contributed by atoms with Crippen molar-refractivity contribution in [1.82, 2.24) is 4.90 Å². The maximum atomic E-state index is 14.7. The van der Waals surface area contributed by atoms with Crippen LogP contribution in [-0.2, 0) is 19.1 Å².